The summed E-state index contributed by atoms with van der Waals surface area (Å²) < 4.78 is 3.21. The maximum absolute atomic E-state index is 5.93. The van der Waals surface area contributed by atoms with Gasteiger partial charge in [-0.05, 0) is 37.1 Å². The van der Waals surface area contributed by atoms with Gasteiger partial charge < -0.3 is 0 Å². The fourth-order valence-electron chi connectivity index (χ4n) is 2.49. The van der Waals surface area contributed by atoms with Crippen LogP contribution >= 0.6 is 22.9 Å². The van der Waals surface area contributed by atoms with Crippen molar-refractivity contribution in [1.29, 1.82) is 0 Å². The van der Waals surface area contributed by atoms with Crippen molar-refractivity contribution in [3.05, 3.63) is 47.0 Å². The fraction of sp³-hybridized carbons (Fsp3) is 0.188. The molecule has 0 bridgehead atoms. The highest BCUT2D eigenvalue weighted by Gasteiger charge is 2.12. The van der Waals surface area contributed by atoms with Crippen molar-refractivity contribution in [3.63, 3.8) is 0 Å². The molecule has 0 spiro atoms. The number of thiazole rings is 1. The molecule has 0 saturated carbocycles. The smallest absolute Gasteiger partial charge is 0.250 e. The van der Waals surface area contributed by atoms with E-state index < -0.39 is 0 Å². The van der Waals surface area contributed by atoms with Crippen molar-refractivity contribution in [3.8, 4) is 0 Å². The summed E-state index contributed by atoms with van der Waals surface area (Å²) in [5.41, 5.74) is 2.34. The Balaban J connectivity index is 1.73. The van der Waals surface area contributed by atoms with Crippen LogP contribution in [0.3, 0.4) is 0 Å². The zero-order valence-electron chi connectivity index (χ0n) is 11.9. The third-order valence-electron chi connectivity index (χ3n) is 3.64. The standard InChI is InChI=1S/C16H13ClN4S/c1-10-2-7-13-14(8-10)22-16-20-19-15(21(13)16)18-9-11-3-5-12(17)6-4-11/h2-3,5-9,11H,4H2,1H3/b18-9-. The molecular formula is C16H13ClN4S. The number of fused-ring (bicyclic) bond motifs is 3. The molecule has 0 saturated heterocycles. The van der Waals surface area contributed by atoms with E-state index in [0.29, 0.717) is 5.95 Å². The van der Waals surface area contributed by atoms with Crippen LogP contribution in [-0.4, -0.2) is 20.8 Å². The number of nitrogens with zero attached hydrogens (tertiary/aromatic N) is 4. The SMILES string of the molecule is Cc1ccc2c(c1)sc1nnc(/N=C\C3C=CC(Cl)=CC3)n12. The van der Waals surface area contributed by atoms with E-state index in [2.05, 4.69) is 46.4 Å². The molecule has 22 heavy (non-hydrogen) atoms. The van der Waals surface area contributed by atoms with E-state index in [1.165, 1.54) is 10.3 Å². The number of aryl methyl sites for hydroxylation is 1. The van der Waals surface area contributed by atoms with Gasteiger partial charge in [0.2, 0.25) is 4.96 Å². The molecule has 1 aromatic carbocycles. The quantitative estimate of drug-likeness (QED) is 0.642. The summed E-state index contributed by atoms with van der Waals surface area (Å²) in [6, 6.07) is 6.36. The molecule has 4 rings (SSSR count). The van der Waals surface area contributed by atoms with E-state index in [1.54, 1.807) is 11.3 Å². The second kappa shape index (κ2) is 5.34. The summed E-state index contributed by atoms with van der Waals surface area (Å²) in [6.07, 6.45) is 8.73. The highest BCUT2D eigenvalue weighted by molar-refractivity contribution is 7.23. The molecule has 0 N–H and O–H groups in total. The molecule has 0 amide bonds. The van der Waals surface area contributed by atoms with Gasteiger partial charge >= 0.3 is 0 Å². The van der Waals surface area contributed by atoms with E-state index in [4.69, 9.17) is 11.6 Å². The number of aromatic nitrogens is 3. The third-order valence-corrected chi connectivity index (χ3v) is 4.92. The summed E-state index contributed by atoms with van der Waals surface area (Å²) in [5, 5.41) is 9.20. The number of benzene rings is 1. The highest BCUT2D eigenvalue weighted by atomic mass is 35.5. The third kappa shape index (κ3) is 2.36. The molecule has 3 aromatic rings. The molecule has 4 nitrogen and oxygen atoms in total. The van der Waals surface area contributed by atoms with Crippen LogP contribution in [0, 0.1) is 12.8 Å². The predicted octanol–water partition coefficient (Wildman–Crippen LogP) is 4.65. The van der Waals surface area contributed by atoms with Crippen LogP contribution < -0.4 is 0 Å². The topological polar surface area (TPSA) is 42.5 Å². The van der Waals surface area contributed by atoms with Crippen LogP contribution in [0.15, 0.2) is 46.5 Å². The Morgan fingerprint density at radius 2 is 2.32 bits per heavy atom. The zero-order valence-corrected chi connectivity index (χ0v) is 13.5. The average Bonchev–Trinajstić information content (AvgIpc) is 3.05. The molecule has 1 aliphatic rings. The summed E-state index contributed by atoms with van der Waals surface area (Å²) in [7, 11) is 0. The van der Waals surface area contributed by atoms with Gasteiger partial charge in [-0.2, -0.15) is 0 Å². The Hall–Kier alpha value is -1.98. The molecule has 0 radical (unpaired) electrons. The van der Waals surface area contributed by atoms with Gasteiger partial charge in [-0.15, -0.1) is 10.2 Å². The molecule has 1 aliphatic carbocycles. The zero-order chi connectivity index (χ0) is 15.1. The average molecular weight is 329 g/mol. The van der Waals surface area contributed by atoms with Crippen LogP contribution in [0.5, 0.6) is 0 Å². The van der Waals surface area contributed by atoms with E-state index in [1.807, 2.05) is 22.8 Å². The lowest BCUT2D eigenvalue weighted by Crippen LogP contribution is -1.99. The first-order valence-electron chi connectivity index (χ1n) is 7.03. The molecule has 0 fully saturated rings. The van der Waals surface area contributed by atoms with E-state index in [-0.39, 0.29) is 5.92 Å². The van der Waals surface area contributed by atoms with Crippen LogP contribution in [-0.2, 0) is 0 Å². The van der Waals surface area contributed by atoms with Crippen LogP contribution in [0.4, 0.5) is 5.95 Å². The molecular weight excluding hydrogens is 316 g/mol. The Morgan fingerprint density at radius 3 is 3.14 bits per heavy atom. The minimum atomic E-state index is 0.252. The Kier molecular flexibility index (Phi) is 3.32. The first-order chi connectivity index (χ1) is 10.7. The van der Waals surface area contributed by atoms with E-state index in [9.17, 15) is 0 Å². The highest BCUT2D eigenvalue weighted by Crippen LogP contribution is 2.29. The van der Waals surface area contributed by atoms with Crippen molar-refractivity contribution >= 4 is 50.3 Å². The molecule has 6 heteroatoms. The lowest BCUT2D eigenvalue weighted by Gasteiger charge is -2.07. The molecule has 1 atom stereocenters. The van der Waals surface area contributed by atoms with Gasteiger partial charge in [0.1, 0.15) is 0 Å². The van der Waals surface area contributed by atoms with Gasteiger partial charge in [0.15, 0.2) is 0 Å². The van der Waals surface area contributed by atoms with E-state index >= 15 is 0 Å². The maximum Gasteiger partial charge on any atom is 0.256 e. The maximum atomic E-state index is 5.93. The number of hydrogen-bond donors (Lipinski definition) is 0. The predicted molar refractivity (Wildman–Crippen MR) is 92.4 cm³/mol. The summed E-state index contributed by atoms with van der Waals surface area (Å²) >= 11 is 7.56. The van der Waals surface area contributed by atoms with Gasteiger partial charge in [-0.25, -0.2) is 9.39 Å². The van der Waals surface area contributed by atoms with Crippen LogP contribution in [0.1, 0.15) is 12.0 Å². The van der Waals surface area contributed by atoms with E-state index in [0.717, 1.165) is 21.9 Å². The largest absolute Gasteiger partial charge is 0.256 e. The Bertz CT molecular complexity index is 948. The number of aliphatic imine (C=N–C) groups is 1. The van der Waals surface area contributed by atoms with Gasteiger partial charge in [0.25, 0.3) is 5.95 Å². The van der Waals surface area contributed by atoms with Crippen molar-refractivity contribution in [2.24, 2.45) is 10.9 Å². The number of allylic oxidation sites excluding steroid dienone is 4. The summed E-state index contributed by atoms with van der Waals surface area (Å²) in [6.45, 7) is 2.09. The monoisotopic (exact) mass is 328 g/mol. The van der Waals surface area contributed by atoms with Crippen LogP contribution in [0.2, 0.25) is 0 Å². The molecule has 2 heterocycles. The van der Waals surface area contributed by atoms with Gasteiger partial charge in [0, 0.05) is 17.2 Å². The van der Waals surface area contributed by atoms with Gasteiger partial charge in [-0.1, -0.05) is 41.2 Å². The van der Waals surface area contributed by atoms with Gasteiger partial charge in [-0.3, -0.25) is 0 Å². The lowest BCUT2D eigenvalue weighted by atomic mass is 10.0. The second-order valence-corrected chi connectivity index (χ2v) is 6.76. The summed E-state index contributed by atoms with van der Waals surface area (Å²) in [5.74, 6) is 0.876. The Morgan fingerprint density at radius 1 is 1.41 bits per heavy atom. The first kappa shape index (κ1) is 13.7. The van der Waals surface area contributed by atoms with Crippen molar-refractivity contribution in [1.82, 2.24) is 14.6 Å². The minimum absolute atomic E-state index is 0.252. The molecule has 2 aromatic heterocycles. The second-order valence-electron chi connectivity index (χ2n) is 5.32. The van der Waals surface area contributed by atoms with Crippen LogP contribution in [0.25, 0.3) is 15.2 Å². The Labute approximate surface area is 136 Å². The van der Waals surface area contributed by atoms with Crippen molar-refractivity contribution in [2.75, 3.05) is 0 Å². The van der Waals surface area contributed by atoms with Crippen molar-refractivity contribution < 1.29 is 0 Å². The first-order valence-corrected chi connectivity index (χ1v) is 8.22. The number of rotatable bonds is 2. The lowest BCUT2D eigenvalue weighted by molar-refractivity contribution is 0.882. The molecule has 110 valence electrons. The number of hydrogen-bond acceptors (Lipinski definition) is 4. The minimum Gasteiger partial charge on any atom is -0.250 e. The van der Waals surface area contributed by atoms with Gasteiger partial charge in [0.05, 0.1) is 10.2 Å². The molecule has 0 aliphatic heterocycles. The molecule has 1 unspecified atom stereocenters. The fourth-order valence-corrected chi connectivity index (χ4v) is 3.71. The summed E-state index contributed by atoms with van der Waals surface area (Å²) in [4.78, 5) is 5.41. The normalized spacial score (nSPS) is 18.6. The van der Waals surface area contributed by atoms with Crippen molar-refractivity contribution in [2.45, 2.75) is 13.3 Å². The number of halogens is 1.